The third kappa shape index (κ3) is 4.13. The molecule has 0 aliphatic heterocycles. The van der Waals surface area contributed by atoms with Crippen molar-refractivity contribution >= 4 is 38.9 Å². The molecule has 0 radical (unpaired) electrons. The number of methoxy groups -OCH3 is 1. The number of hydrogen-bond acceptors (Lipinski definition) is 8. The Kier molecular flexibility index (Phi) is 5.45. The second kappa shape index (κ2) is 8.57. The van der Waals surface area contributed by atoms with Crippen LogP contribution < -0.4 is 10.1 Å². The van der Waals surface area contributed by atoms with E-state index in [4.69, 9.17) is 16.3 Å². The number of rotatable bonds is 5. The molecule has 0 unspecified atom stereocenters. The van der Waals surface area contributed by atoms with E-state index in [2.05, 4.69) is 30.4 Å². The average molecular weight is 478 g/mol. The monoisotopic (exact) mass is 477 g/mol. The smallest absolute Gasteiger partial charge is 0.259 e. The third-order valence-corrected chi connectivity index (χ3v) is 5.87. The Hall–Kier alpha value is -3.89. The van der Waals surface area contributed by atoms with E-state index in [0.29, 0.717) is 38.2 Å². The van der Waals surface area contributed by atoms with Crippen molar-refractivity contribution in [2.24, 2.45) is 0 Å². The van der Waals surface area contributed by atoms with Crippen LogP contribution in [0.25, 0.3) is 27.5 Å². The van der Waals surface area contributed by atoms with Crippen molar-refractivity contribution in [3.05, 3.63) is 71.5 Å². The number of fused-ring (bicyclic) bond motifs is 1. The first-order valence-corrected chi connectivity index (χ1v) is 11.0. The van der Waals surface area contributed by atoms with Gasteiger partial charge in [-0.3, -0.25) is 20.1 Å². The number of carbonyl (C=O) groups excluding carboxylic acids is 1. The van der Waals surface area contributed by atoms with Gasteiger partial charge in [-0.05, 0) is 31.2 Å². The van der Waals surface area contributed by atoms with Gasteiger partial charge in [0.1, 0.15) is 16.6 Å². The highest BCUT2D eigenvalue weighted by molar-refractivity contribution is 7.20. The molecule has 5 rings (SSSR count). The Labute approximate surface area is 197 Å². The molecule has 1 N–H and O–H groups in total. The van der Waals surface area contributed by atoms with Crippen molar-refractivity contribution in [1.82, 2.24) is 29.5 Å². The molecule has 5 heterocycles. The number of ether oxygens (including phenoxy) is 1. The van der Waals surface area contributed by atoms with Crippen molar-refractivity contribution in [3.8, 4) is 28.3 Å². The lowest BCUT2D eigenvalue weighted by atomic mass is 10.0. The lowest BCUT2D eigenvalue weighted by Gasteiger charge is -2.13. The van der Waals surface area contributed by atoms with Gasteiger partial charge in [0.25, 0.3) is 5.91 Å². The minimum Gasteiger partial charge on any atom is -0.494 e. The van der Waals surface area contributed by atoms with Gasteiger partial charge in [-0.25, -0.2) is 14.5 Å². The number of nitrogens with zero attached hydrogens (tertiary/aromatic N) is 6. The summed E-state index contributed by atoms with van der Waals surface area (Å²) in [6, 6.07) is 9.07. The summed E-state index contributed by atoms with van der Waals surface area (Å²) < 4.78 is 7.04. The van der Waals surface area contributed by atoms with Crippen LogP contribution in [0.5, 0.6) is 5.75 Å². The van der Waals surface area contributed by atoms with Crippen LogP contribution in [-0.2, 0) is 0 Å². The van der Waals surface area contributed by atoms with Gasteiger partial charge in [-0.15, -0.1) is 5.10 Å². The summed E-state index contributed by atoms with van der Waals surface area (Å²) in [5.41, 5.74) is 3.82. The van der Waals surface area contributed by atoms with Gasteiger partial charge in [0.05, 0.1) is 30.8 Å². The summed E-state index contributed by atoms with van der Waals surface area (Å²) in [6.07, 6.45) is 6.52. The highest BCUT2D eigenvalue weighted by Gasteiger charge is 2.20. The predicted octanol–water partition coefficient (Wildman–Crippen LogP) is 4.53. The van der Waals surface area contributed by atoms with E-state index in [1.54, 1.807) is 29.0 Å². The fourth-order valence-electron chi connectivity index (χ4n) is 3.31. The molecule has 5 aromatic heterocycles. The van der Waals surface area contributed by atoms with Crippen LogP contribution in [0, 0.1) is 6.92 Å². The largest absolute Gasteiger partial charge is 0.494 e. The van der Waals surface area contributed by atoms with Gasteiger partial charge in [-0.1, -0.05) is 29.0 Å². The van der Waals surface area contributed by atoms with Crippen LogP contribution in [0.3, 0.4) is 0 Å². The summed E-state index contributed by atoms with van der Waals surface area (Å²) in [4.78, 5) is 31.0. The molecule has 0 bridgehead atoms. The first-order valence-electron chi connectivity index (χ1n) is 9.77. The standard InChI is InChI=1S/C22H16ClN7O2S/c1-12-7-13(14-8-19(23)26-10-18(14)32-2)15(9-25-12)20(31)28-21-29-30-11-17(27-22(30)33-21)16-5-3-4-6-24-16/h3-11H,1-2H3,(H,28,29,31). The van der Waals surface area contributed by atoms with E-state index >= 15 is 0 Å². The maximum Gasteiger partial charge on any atom is 0.259 e. The minimum atomic E-state index is -0.366. The maximum atomic E-state index is 13.2. The number of amides is 1. The molecule has 0 saturated heterocycles. The second-order valence-corrected chi connectivity index (χ2v) is 8.35. The van der Waals surface area contributed by atoms with Crippen molar-refractivity contribution < 1.29 is 9.53 Å². The molecule has 0 saturated carbocycles. The number of anilines is 1. The summed E-state index contributed by atoms with van der Waals surface area (Å²) in [5, 5.41) is 7.96. The number of aryl methyl sites for hydroxylation is 1. The Morgan fingerprint density at radius 1 is 1.12 bits per heavy atom. The zero-order chi connectivity index (χ0) is 22.9. The molecule has 0 fully saturated rings. The van der Waals surface area contributed by atoms with Gasteiger partial charge >= 0.3 is 0 Å². The lowest BCUT2D eigenvalue weighted by Crippen LogP contribution is -2.14. The van der Waals surface area contributed by atoms with Crippen molar-refractivity contribution in [3.63, 3.8) is 0 Å². The molecule has 9 nitrogen and oxygen atoms in total. The van der Waals surface area contributed by atoms with E-state index in [0.717, 1.165) is 11.4 Å². The summed E-state index contributed by atoms with van der Waals surface area (Å²) in [7, 11) is 1.53. The predicted molar refractivity (Wildman–Crippen MR) is 126 cm³/mol. The normalized spacial score (nSPS) is 11.0. The Morgan fingerprint density at radius 2 is 2.00 bits per heavy atom. The first kappa shape index (κ1) is 21.0. The SMILES string of the molecule is COc1cnc(Cl)cc1-c1cc(C)ncc1C(=O)Nc1nn2cc(-c3ccccn3)nc2s1. The Balaban J connectivity index is 1.47. The Bertz CT molecular complexity index is 1450. The topological polar surface area (TPSA) is 107 Å². The van der Waals surface area contributed by atoms with E-state index < -0.39 is 0 Å². The van der Waals surface area contributed by atoms with E-state index in [9.17, 15) is 4.79 Å². The van der Waals surface area contributed by atoms with Crippen LogP contribution in [-0.4, -0.2) is 42.6 Å². The van der Waals surface area contributed by atoms with Crippen molar-refractivity contribution in [2.75, 3.05) is 12.4 Å². The molecular weight excluding hydrogens is 462 g/mol. The van der Waals surface area contributed by atoms with Crippen molar-refractivity contribution in [1.29, 1.82) is 0 Å². The molecular formula is C22H16ClN7O2S. The average Bonchev–Trinajstić information content (AvgIpc) is 3.38. The third-order valence-electron chi connectivity index (χ3n) is 4.82. The van der Waals surface area contributed by atoms with E-state index in [-0.39, 0.29) is 11.1 Å². The molecule has 1 amide bonds. The quantitative estimate of drug-likeness (QED) is 0.370. The summed E-state index contributed by atoms with van der Waals surface area (Å²) >= 11 is 7.37. The van der Waals surface area contributed by atoms with Gasteiger partial charge in [0.15, 0.2) is 0 Å². The molecule has 0 aliphatic carbocycles. The van der Waals surface area contributed by atoms with E-state index in [1.165, 1.54) is 30.8 Å². The number of aromatic nitrogens is 6. The fraction of sp³-hybridized carbons (Fsp3) is 0.0909. The molecule has 0 aliphatic rings. The van der Waals surface area contributed by atoms with Crippen LogP contribution >= 0.6 is 22.9 Å². The summed E-state index contributed by atoms with van der Waals surface area (Å²) in [6.45, 7) is 1.84. The molecule has 164 valence electrons. The number of pyridine rings is 3. The molecule has 0 spiro atoms. The number of imidazole rings is 1. The van der Waals surface area contributed by atoms with Crippen LogP contribution in [0.2, 0.25) is 5.15 Å². The van der Waals surface area contributed by atoms with Gasteiger partial charge < -0.3 is 4.74 Å². The summed E-state index contributed by atoms with van der Waals surface area (Å²) in [5.74, 6) is 0.128. The van der Waals surface area contributed by atoms with Crippen LogP contribution in [0.15, 0.2) is 55.1 Å². The molecule has 0 aromatic carbocycles. The zero-order valence-electron chi connectivity index (χ0n) is 17.5. The number of nitrogens with one attached hydrogen (secondary N) is 1. The zero-order valence-corrected chi connectivity index (χ0v) is 19.1. The highest BCUT2D eigenvalue weighted by Crippen LogP contribution is 2.34. The highest BCUT2D eigenvalue weighted by atomic mass is 35.5. The van der Waals surface area contributed by atoms with Gasteiger partial charge in [0, 0.05) is 29.2 Å². The number of carbonyl (C=O) groups is 1. The molecule has 0 atom stereocenters. The lowest BCUT2D eigenvalue weighted by molar-refractivity contribution is 0.102. The van der Waals surface area contributed by atoms with Crippen molar-refractivity contribution in [2.45, 2.75) is 6.92 Å². The molecule has 11 heteroatoms. The van der Waals surface area contributed by atoms with Crippen LogP contribution in [0.4, 0.5) is 5.13 Å². The van der Waals surface area contributed by atoms with Gasteiger partial charge in [0.2, 0.25) is 10.1 Å². The van der Waals surface area contributed by atoms with Crippen LogP contribution in [0.1, 0.15) is 16.1 Å². The first-order chi connectivity index (χ1) is 16.0. The van der Waals surface area contributed by atoms with Gasteiger partial charge in [-0.2, -0.15) is 0 Å². The van der Waals surface area contributed by atoms with E-state index in [1.807, 2.05) is 25.1 Å². The number of halogens is 1. The molecule has 5 aromatic rings. The number of hydrogen-bond donors (Lipinski definition) is 1. The molecule has 33 heavy (non-hydrogen) atoms. The fourth-order valence-corrected chi connectivity index (χ4v) is 4.24. The Morgan fingerprint density at radius 3 is 2.76 bits per heavy atom. The maximum absolute atomic E-state index is 13.2. The minimum absolute atomic E-state index is 0.288. The second-order valence-electron chi connectivity index (χ2n) is 7.01.